The Bertz CT molecular complexity index is 1150. The van der Waals surface area contributed by atoms with Crippen molar-refractivity contribution in [2.75, 3.05) is 31.1 Å². The van der Waals surface area contributed by atoms with Crippen LogP contribution in [-0.4, -0.2) is 51.0 Å². The Labute approximate surface area is 200 Å². The Hall–Kier alpha value is -3.17. The lowest BCUT2D eigenvalue weighted by atomic mass is 10.2. The van der Waals surface area contributed by atoms with Gasteiger partial charge in [-0.15, -0.1) is 0 Å². The topological polar surface area (TPSA) is 96.0 Å². The predicted molar refractivity (Wildman–Crippen MR) is 130 cm³/mol. The molecule has 2 aromatic rings. The van der Waals surface area contributed by atoms with Gasteiger partial charge in [-0.2, -0.15) is 4.31 Å². The smallest absolute Gasteiger partial charge is 0.414 e. The minimum atomic E-state index is -3.49. The molecule has 2 aliphatic heterocycles. The second-order valence-electron chi connectivity index (χ2n) is 8.37. The van der Waals surface area contributed by atoms with E-state index in [0.717, 1.165) is 42.5 Å². The molecule has 2 fully saturated rings. The number of hydrogen-bond acceptors (Lipinski definition) is 5. The number of amides is 2. The summed E-state index contributed by atoms with van der Waals surface area (Å²) in [6.07, 6.45) is 6.62. The van der Waals surface area contributed by atoms with Gasteiger partial charge in [0.15, 0.2) is 0 Å². The average Bonchev–Trinajstić information content (AvgIpc) is 3.09. The summed E-state index contributed by atoms with van der Waals surface area (Å²) in [4.78, 5) is 25.8. The summed E-state index contributed by atoms with van der Waals surface area (Å²) in [6.45, 7) is 2.32. The van der Waals surface area contributed by atoms with Gasteiger partial charge < -0.3 is 10.1 Å². The zero-order chi connectivity index (χ0) is 24.0. The molecular weight excluding hydrogens is 454 g/mol. The molecule has 2 heterocycles. The average molecular weight is 484 g/mol. The van der Waals surface area contributed by atoms with Gasteiger partial charge in [-0.05, 0) is 54.3 Å². The molecule has 0 aliphatic carbocycles. The summed E-state index contributed by atoms with van der Waals surface area (Å²) >= 11 is 0. The number of sulfonamides is 1. The Morgan fingerprint density at radius 2 is 1.74 bits per heavy atom. The maximum absolute atomic E-state index is 12.9. The van der Waals surface area contributed by atoms with Crippen molar-refractivity contribution in [2.45, 2.75) is 37.1 Å². The van der Waals surface area contributed by atoms with Crippen LogP contribution in [-0.2, 0) is 26.1 Å². The summed E-state index contributed by atoms with van der Waals surface area (Å²) in [5.41, 5.74) is 2.33. The molecule has 9 heteroatoms. The minimum absolute atomic E-state index is 0.271. The number of cyclic esters (lactones) is 1. The van der Waals surface area contributed by atoms with Gasteiger partial charge in [0.2, 0.25) is 15.9 Å². The van der Waals surface area contributed by atoms with Crippen LogP contribution in [0, 0.1) is 0 Å². The molecule has 0 bridgehead atoms. The van der Waals surface area contributed by atoms with E-state index in [-0.39, 0.29) is 16.9 Å². The standard InChI is InChI=1S/C25H29N3O5S/c29-24(26-19-21-6-5-7-22(18-21)28-16-17-33-25(28)30)13-10-20-8-11-23(12-9-20)34(31,32)27-14-3-1-2-4-15-27/h5-13,18H,1-4,14-17,19H2,(H,26,29). The lowest BCUT2D eigenvalue weighted by Crippen LogP contribution is -2.31. The van der Waals surface area contributed by atoms with Crippen LogP contribution in [0.5, 0.6) is 0 Å². The van der Waals surface area contributed by atoms with E-state index in [4.69, 9.17) is 4.74 Å². The minimum Gasteiger partial charge on any atom is -0.447 e. The van der Waals surface area contributed by atoms with Gasteiger partial charge in [-0.25, -0.2) is 13.2 Å². The van der Waals surface area contributed by atoms with Crippen LogP contribution in [0.2, 0.25) is 0 Å². The number of benzene rings is 2. The first-order valence-electron chi connectivity index (χ1n) is 11.5. The maximum atomic E-state index is 12.9. The Kier molecular flexibility index (Phi) is 7.64. The number of carbonyl (C=O) groups is 2. The fraction of sp³-hybridized carbons (Fsp3) is 0.360. The molecule has 2 saturated heterocycles. The van der Waals surface area contributed by atoms with Crippen LogP contribution >= 0.6 is 0 Å². The van der Waals surface area contributed by atoms with E-state index >= 15 is 0 Å². The van der Waals surface area contributed by atoms with Crippen LogP contribution in [0.1, 0.15) is 36.8 Å². The zero-order valence-electron chi connectivity index (χ0n) is 19.0. The summed E-state index contributed by atoms with van der Waals surface area (Å²) in [7, 11) is -3.49. The first kappa shape index (κ1) is 24.0. The molecule has 0 saturated carbocycles. The van der Waals surface area contributed by atoms with Crippen molar-refractivity contribution >= 4 is 33.8 Å². The van der Waals surface area contributed by atoms with Gasteiger partial charge in [-0.1, -0.05) is 37.1 Å². The highest BCUT2D eigenvalue weighted by Crippen LogP contribution is 2.22. The molecule has 0 radical (unpaired) electrons. The summed E-state index contributed by atoms with van der Waals surface area (Å²) in [6, 6.07) is 14.0. The monoisotopic (exact) mass is 483 g/mol. The molecule has 2 amide bonds. The van der Waals surface area contributed by atoms with Crippen LogP contribution < -0.4 is 10.2 Å². The van der Waals surface area contributed by atoms with Crippen molar-refractivity contribution in [2.24, 2.45) is 0 Å². The normalized spacial score (nSPS) is 17.5. The number of anilines is 1. The quantitative estimate of drug-likeness (QED) is 0.608. The molecule has 0 spiro atoms. The van der Waals surface area contributed by atoms with Crippen molar-refractivity contribution < 1.29 is 22.7 Å². The second-order valence-corrected chi connectivity index (χ2v) is 10.3. The molecule has 180 valence electrons. The van der Waals surface area contributed by atoms with E-state index in [9.17, 15) is 18.0 Å². The molecule has 1 N–H and O–H groups in total. The largest absolute Gasteiger partial charge is 0.447 e. The lowest BCUT2D eigenvalue weighted by Gasteiger charge is -2.19. The third-order valence-electron chi connectivity index (χ3n) is 5.96. The molecule has 2 aliphatic rings. The highest BCUT2D eigenvalue weighted by molar-refractivity contribution is 7.89. The SMILES string of the molecule is O=C(C=Cc1ccc(S(=O)(=O)N2CCCCCC2)cc1)NCc1cccc(N2CCOC2=O)c1. The van der Waals surface area contributed by atoms with Gasteiger partial charge in [0.05, 0.1) is 11.4 Å². The first-order chi connectivity index (χ1) is 16.4. The van der Waals surface area contributed by atoms with Gasteiger partial charge in [0.25, 0.3) is 0 Å². The molecule has 8 nitrogen and oxygen atoms in total. The molecule has 34 heavy (non-hydrogen) atoms. The fourth-order valence-electron chi connectivity index (χ4n) is 4.06. The predicted octanol–water partition coefficient (Wildman–Crippen LogP) is 3.54. The Morgan fingerprint density at radius 3 is 2.41 bits per heavy atom. The summed E-state index contributed by atoms with van der Waals surface area (Å²) in [5, 5.41) is 2.82. The number of nitrogens with one attached hydrogen (secondary N) is 1. The highest BCUT2D eigenvalue weighted by atomic mass is 32.2. The Morgan fingerprint density at radius 1 is 1.00 bits per heavy atom. The molecule has 0 aromatic heterocycles. The van der Waals surface area contributed by atoms with E-state index in [1.165, 1.54) is 6.08 Å². The van der Waals surface area contributed by atoms with Gasteiger partial charge in [0.1, 0.15) is 6.61 Å². The van der Waals surface area contributed by atoms with Crippen molar-refractivity contribution in [3.63, 3.8) is 0 Å². The van der Waals surface area contributed by atoms with Gasteiger partial charge in [-0.3, -0.25) is 9.69 Å². The molecule has 0 unspecified atom stereocenters. The second kappa shape index (κ2) is 10.8. The first-order valence-corrected chi connectivity index (χ1v) is 13.0. The van der Waals surface area contributed by atoms with Crippen LogP contribution in [0.15, 0.2) is 59.5 Å². The number of ether oxygens (including phenoxy) is 1. The third kappa shape index (κ3) is 5.84. The lowest BCUT2D eigenvalue weighted by molar-refractivity contribution is -0.116. The van der Waals surface area contributed by atoms with Crippen molar-refractivity contribution in [1.82, 2.24) is 9.62 Å². The molecule has 0 atom stereocenters. The summed E-state index contributed by atoms with van der Waals surface area (Å²) < 4.78 is 32.3. The van der Waals surface area contributed by atoms with E-state index in [1.54, 1.807) is 39.5 Å². The Balaban J connectivity index is 1.32. The number of hydrogen-bond donors (Lipinski definition) is 1. The van der Waals surface area contributed by atoms with Crippen LogP contribution in [0.25, 0.3) is 6.08 Å². The molecule has 2 aromatic carbocycles. The van der Waals surface area contributed by atoms with Crippen molar-refractivity contribution in [3.05, 3.63) is 65.7 Å². The third-order valence-corrected chi connectivity index (χ3v) is 7.87. The fourth-order valence-corrected chi connectivity index (χ4v) is 5.58. The number of nitrogens with zero attached hydrogens (tertiary/aromatic N) is 2. The van der Waals surface area contributed by atoms with Crippen LogP contribution in [0.4, 0.5) is 10.5 Å². The highest BCUT2D eigenvalue weighted by Gasteiger charge is 2.25. The number of rotatable bonds is 7. The van der Waals surface area contributed by atoms with E-state index in [2.05, 4.69) is 5.32 Å². The van der Waals surface area contributed by atoms with Crippen molar-refractivity contribution in [1.29, 1.82) is 0 Å². The van der Waals surface area contributed by atoms with E-state index in [1.807, 2.05) is 24.3 Å². The van der Waals surface area contributed by atoms with E-state index in [0.29, 0.717) is 32.8 Å². The van der Waals surface area contributed by atoms with Gasteiger partial charge >= 0.3 is 6.09 Å². The van der Waals surface area contributed by atoms with Gasteiger partial charge in [0, 0.05) is 31.4 Å². The molecular formula is C25H29N3O5S. The van der Waals surface area contributed by atoms with Crippen LogP contribution in [0.3, 0.4) is 0 Å². The van der Waals surface area contributed by atoms with Crippen molar-refractivity contribution in [3.8, 4) is 0 Å². The van der Waals surface area contributed by atoms with E-state index < -0.39 is 10.0 Å². The number of carbonyl (C=O) groups excluding carboxylic acids is 2. The zero-order valence-corrected chi connectivity index (χ0v) is 19.8. The maximum Gasteiger partial charge on any atom is 0.414 e. The summed E-state index contributed by atoms with van der Waals surface area (Å²) in [5.74, 6) is -0.271. The molecule has 4 rings (SSSR count).